The number of benzene rings is 1. The fourth-order valence-electron chi connectivity index (χ4n) is 3.88. The largest absolute Gasteiger partial charge is 0.493 e. The second-order valence-corrected chi connectivity index (χ2v) is 7.79. The Hall–Kier alpha value is -1.02. The Labute approximate surface area is 155 Å². The standard InChI is InChI=1S/C23H39NO/c1-3-4-5-6-7-13-18-25-23-17-12-11-16-22(23)20(2)24-19-21-14-9-8-10-15-21/h11-12,16-17,20-21,24H,3-10,13-15,18-19H2,1-2H3. The van der Waals surface area contributed by atoms with Crippen molar-refractivity contribution in [3.8, 4) is 5.75 Å². The molecule has 1 fully saturated rings. The molecule has 2 rings (SSSR count). The Morgan fingerprint density at radius 1 is 1.00 bits per heavy atom. The first-order valence-electron chi connectivity index (χ1n) is 10.8. The third-order valence-corrected chi connectivity index (χ3v) is 5.58. The van der Waals surface area contributed by atoms with Crippen LogP contribution in [-0.2, 0) is 0 Å². The first-order valence-corrected chi connectivity index (χ1v) is 10.8. The quantitative estimate of drug-likeness (QED) is 0.428. The van der Waals surface area contributed by atoms with Crippen molar-refractivity contribution in [1.29, 1.82) is 0 Å². The van der Waals surface area contributed by atoms with E-state index < -0.39 is 0 Å². The summed E-state index contributed by atoms with van der Waals surface area (Å²) < 4.78 is 6.12. The van der Waals surface area contributed by atoms with Gasteiger partial charge < -0.3 is 10.1 Å². The van der Waals surface area contributed by atoms with Gasteiger partial charge in [-0.25, -0.2) is 0 Å². The third kappa shape index (κ3) is 7.81. The molecule has 25 heavy (non-hydrogen) atoms. The van der Waals surface area contributed by atoms with E-state index in [1.54, 1.807) is 0 Å². The fraction of sp³-hybridized carbons (Fsp3) is 0.739. The minimum atomic E-state index is 0.364. The molecule has 1 aliphatic carbocycles. The van der Waals surface area contributed by atoms with E-state index in [1.807, 2.05) is 0 Å². The second-order valence-electron chi connectivity index (χ2n) is 7.79. The van der Waals surface area contributed by atoms with Crippen molar-refractivity contribution in [2.24, 2.45) is 5.92 Å². The molecule has 0 aliphatic heterocycles. The summed E-state index contributed by atoms with van der Waals surface area (Å²) in [5.74, 6) is 1.94. The maximum Gasteiger partial charge on any atom is 0.124 e. The third-order valence-electron chi connectivity index (χ3n) is 5.58. The molecule has 0 saturated heterocycles. The van der Waals surface area contributed by atoms with Crippen LogP contribution in [0.4, 0.5) is 0 Å². The minimum absolute atomic E-state index is 0.364. The zero-order valence-corrected chi connectivity index (χ0v) is 16.6. The predicted molar refractivity (Wildman–Crippen MR) is 108 cm³/mol. The van der Waals surface area contributed by atoms with E-state index in [9.17, 15) is 0 Å². The van der Waals surface area contributed by atoms with Gasteiger partial charge in [-0.05, 0) is 44.7 Å². The van der Waals surface area contributed by atoms with Crippen LogP contribution in [0.2, 0.25) is 0 Å². The van der Waals surface area contributed by atoms with Crippen LogP contribution in [0.25, 0.3) is 0 Å². The van der Waals surface area contributed by atoms with E-state index in [0.717, 1.165) is 24.8 Å². The van der Waals surface area contributed by atoms with Crippen LogP contribution >= 0.6 is 0 Å². The highest BCUT2D eigenvalue weighted by Crippen LogP contribution is 2.27. The van der Waals surface area contributed by atoms with Crippen LogP contribution in [0.15, 0.2) is 24.3 Å². The first-order chi connectivity index (χ1) is 12.3. The Morgan fingerprint density at radius 3 is 2.52 bits per heavy atom. The van der Waals surface area contributed by atoms with Gasteiger partial charge in [-0.3, -0.25) is 0 Å². The van der Waals surface area contributed by atoms with Gasteiger partial charge in [0.05, 0.1) is 6.61 Å². The van der Waals surface area contributed by atoms with Gasteiger partial charge >= 0.3 is 0 Å². The van der Waals surface area contributed by atoms with Crippen molar-refractivity contribution >= 4 is 0 Å². The maximum atomic E-state index is 6.12. The van der Waals surface area contributed by atoms with Crippen LogP contribution in [0.5, 0.6) is 5.75 Å². The Balaban J connectivity index is 1.72. The smallest absolute Gasteiger partial charge is 0.124 e. The van der Waals surface area contributed by atoms with E-state index in [0.29, 0.717) is 6.04 Å². The molecule has 0 heterocycles. The second kappa shape index (κ2) is 12.4. The number of nitrogens with one attached hydrogen (secondary N) is 1. The van der Waals surface area contributed by atoms with Gasteiger partial charge in [-0.15, -0.1) is 0 Å². The van der Waals surface area contributed by atoms with E-state index in [2.05, 4.69) is 43.4 Å². The Bertz CT molecular complexity index is 453. The molecule has 142 valence electrons. The zero-order chi connectivity index (χ0) is 17.7. The van der Waals surface area contributed by atoms with E-state index in [1.165, 1.54) is 76.2 Å². The molecule has 0 aromatic heterocycles. The molecule has 0 amide bonds. The van der Waals surface area contributed by atoms with Gasteiger partial charge in [0.2, 0.25) is 0 Å². The molecule has 1 aromatic rings. The molecule has 0 bridgehead atoms. The summed E-state index contributed by atoms with van der Waals surface area (Å²) in [4.78, 5) is 0. The minimum Gasteiger partial charge on any atom is -0.493 e. The highest BCUT2D eigenvalue weighted by molar-refractivity contribution is 5.35. The van der Waals surface area contributed by atoms with Crippen molar-refractivity contribution < 1.29 is 4.74 Å². The van der Waals surface area contributed by atoms with Crippen molar-refractivity contribution in [1.82, 2.24) is 5.32 Å². The number of unbranched alkanes of at least 4 members (excludes halogenated alkanes) is 5. The van der Waals surface area contributed by atoms with Crippen molar-refractivity contribution in [2.45, 2.75) is 90.5 Å². The Kier molecular flexibility index (Phi) is 10.0. The molecule has 1 unspecified atom stereocenters. The van der Waals surface area contributed by atoms with Gasteiger partial charge in [0.25, 0.3) is 0 Å². The van der Waals surface area contributed by atoms with Gasteiger partial charge in [0.15, 0.2) is 0 Å². The molecular weight excluding hydrogens is 306 g/mol. The summed E-state index contributed by atoms with van der Waals surface area (Å²) >= 11 is 0. The molecule has 0 spiro atoms. The molecule has 1 aliphatic rings. The summed E-state index contributed by atoms with van der Waals surface area (Å²) in [5.41, 5.74) is 1.31. The van der Waals surface area contributed by atoms with Gasteiger partial charge in [-0.1, -0.05) is 76.5 Å². The topological polar surface area (TPSA) is 21.3 Å². The van der Waals surface area contributed by atoms with E-state index in [4.69, 9.17) is 4.74 Å². The van der Waals surface area contributed by atoms with Crippen LogP contribution in [-0.4, -0.2) is 13.2 Å². The summed E-state index contributed by atoms with van der Waals surface area (Å²) in [6, 6.07) is 8.93. The molecule has 0 radical (unpaired) electrons. The van der Waals surface area contributed by atoms with Crippen LogP contribution in [0, 0.1) is 5.92 Å². The van der Waals surface area contributed by atoms with Crippen molar-refractivity contribution in [3.05, 3.63) is 29.8 Å². The number of ether oxygens (including phenoxy) is 1. The number of hydrogen-bond acceptors (Lipinski definition) is 2. The van der Waals surface area contributed by atoms with Crippen LogP contribution in [0.1, 0.15) is 96.1 Å². The number of rotatable bonds is 12. The average Bonchev–Trinajstić information content (AvgIpc) is 2.66. The predicted octanol–water partition coefficient (Wildman–Crippen LogP) is 6.66. The highest BCUT2D eigenvalue weighted by atomic mass is 16.5. The molecule has 1 atom stereocenters. The highest BCUT2D eigenvalue weighted by Gasteiger charge is 2.16. The average molecular weight is 346 g/mol. The van der Waals surface area contributed by atoms with Gasteiger partial charge in [-0.2, -0.15) is 0 Å². The first kappa shape index (κ1) is 20.3. The number of hydrogen-bond donors (Lipinski definition) is 1. The molecule has 2 nitrogen and oxygen atoms in total. The maximum absolute atomic E-state index is 6.12. The monoisotopic (exact) mass is 345 g/mol. The molecule has 1 saturated carbocycles. The molecule has 1 aromatic carbocycles. The van der Waals surface area contributed by atoms with Gasteiger partial charge in [0.1, 0.15) is 5.75 Å². The van der Waals surface area contributed by atoms with Crippen LogP contribution in [0.3, 0.4) is 0 Å². The van der Waals surface area contributed by atoms with E-state index >= 15 is 0 Å². The normalized spacial score (nSPS) is 16.7. The number of para-hydroxylation sites is 1. The lowest BCUT2D eigenvalue weighted by Crippen LogP contribution is -2.27. The summed E-state index contributed by atoms with van der Waals surface area (Å²) in [6.07, 6.45) is 14.9. The molecule has 1 N–H and O–H groups in total. The van der Waals surface area contributed by atoms with Gasteiger partial charge in [0, 0.05) is 11.6 Å². The summed E-state index contributed by atoms with van der Waals surface area (Å²) in [7, 11) is 0. The lowest BCUT2D eigenvalue weighted by Gasteiger charge is -2.25. The zero-order valence-electron chi connectivity index (χ0n) is 16.6. The molecular formula is C23H39NO. The lowest BCUT2D eigenvalue weighted by molar-refractivity contribution is 0.295. The molecule has 2 heteroatoms. The van der Waals surface area contributed by atoms with E-state index in [-0.39, 0.29) is 0 Å². The summed E-state index contributed by atoms with van der Waals surface area (Å²) in [5, 5.41) is 3.75. The van der Waals surface area contributed by atoms with Crippen molar-refractivity contribution in [3.63, 3.8) is 0 Å². The lowest BCUT2D eigenvalue weighted by atomic mass is 9.89. The van der Waals surface area contributed by atoms with Crippen molar-refractivity contribution in [2.75, 3.05) is 13.2 Å². The van der Waals surface area contributed by atoms with Crippen LogP contribution < -0.4 is 10.1 Å². The summed E-state index contributed by atoms with van der Waals surface area (Å²) in [6.45, 7) is 6.53. The fourth-order valence-corrected chi connectivity index (χ4v) is 3.88. The SMILES string of the molecule is CCCCCCCCOc1ccccc1C(C)NCC1CCCCC1. The Morgan fingerprint density at radius 2 is 1.72 bits per heavy atom.